The zero-order valence-corrected chi connectivity index (χ0v) is 10.0. The highest BCUT2D eigenvalue weighted by atomic mass is 79.9. The quantitative estimate of drug-likeness (QED) is 0.542. The molecule has 3 atom stereocenters. The number of hydrogen-bond acceptors (Lipinski definition) is 2. The van der Waals surface area contributed by atoms with E-state index in [4.69, 9.17) is 0 Å². The smallest absolute Gasteiger partial charge is 0.245 e. The van der Waals surface area contributed by atoms with Gasteiger partial charge in [0.05, 0.1) is 5.92 Å². The van der Waals surface area contributed by atoms with E-state index < -0.39 is 4.32 Å². The first kappa shape index (κ1) is 9.65. The Morgan fingerprint density at radius 3 is 2.69 bits per heavy atom. The van der Waals surface area contributed by atoms with Crippen molar-refractivity contribution in [2.45, 2.75) is 28.4 Å². The molecule has 0 aromatic carbocycles. The fourth-order valence-electron chi connectivity index (χ4n) is 2.06. The minimum absolute atomic E-state index is 0.0604. The molecule has 0 spiro atoms. The standard InChI is InChI=1S/C8H9Br2NO2/c9-5-3-1-2-4-6(12)11-7(13)8(4,5)10/h4-5H,1-3H2,(H,11,12,13). The van der Waals surface area contributed by atoms with Gasteiger partial charge in [0.1, 0.15) is 4.32 Å². The van der Waals surface area contributed by atoms with Gasteiger partial charge in [-0.3, -0.25) is 14.9 Å². The van der Waals surface area contributed by atoms with Gasteiger partial charge in [-0.05, 0) is 12.8 Å². The van der Waals surface area contributed by atoms with Crippen LogP contribution >= 0.6 is 31.9 Å². The van der Waals surface area contributed by atoms with Crippen LogP contribution in [0.2, 0.25) is 0 Å². The second-order valence-corrected chi connectivity index (χ2v) is 5.95. The predicted molar refractivity (Wildman–Crippen MR) is 54.9 cm³/mol. The number of carbonyl (C=O) groups excluding carboxylic acids is 2. The molecular weight excluding hydrogens is 302 g/mol. The number of hydrogen-bond donors (Lipinski definition) is 1. The largest absolute Gasteiger partial charge is 0.295 e. The number of rotatable bonds is 0. The van der Waals surface area contributed by atoms with E-state index >= 15 is 0 Å². The number of amides is 2. The van der Waals surface area contributed by atoms with E-state index in [1.54, 1.807) is 0 Å². The van der Waals surface area contributed by atoms with Crippen LogP contribution in [0.4, 0.5) is 0 Å². The van der Waals surface area contributed by atoms with Crippen molar-refractivity contribution in [3.8, 4) is 0 Å². The van der Waals surface area contributed by atoms with E-state index in [2.05, 4.69) is 37.2 Å². The summed E-state index contributed by atoms with van der Waals surface area (Å²) >= 11 is 6.87. The number of fused-ring (bicyclic) bond motifs is 1. The van der Waals surface area contributed by atoms with Crippen LogP contribution in [0.15, 0.2) is 0 Å². The molecule has 72 valence electrons. The summed E-state index contributed by atoms with van der Waals surface area (Å²) in [5, 5.41) is 2.37. The number of halogens is 2. The van der Waals surface area contributed by atoms with Crippen molar-refractivity contribution in [2.24, 2.45) is 5.92 Å². The molecule has 1 N–H and O–H groups in total. The molecule has 1 aliphatic heterocycles. The lowest BCUT2D eigenvalue weighted by molar-refractivity contribution is -0.125. The van der Waals surface area contributed by atoms with Gasteiger partial charge in [0, 0.05) is 4.83 Å². The van der Waals surface area contributed by atoms with Crippen molar-refractivity contribution < 1.29 is 9.59 Å². The number of nitrogens with one attached hydrogen (secondary N) is 1. The van der Waals surface area contributed by atoms with E-state index in [0.717, 1.165) is 19.3 Å². The molecule has 5 heteroatoms. The Morgan fingerprint density at radius 1 is 1.38 bits per heavy atom. The zero-order chi connectivity index (χ0) is 9.64. The molecule has 0 aromatic rings. The van der Waals surface area contributed by atoms with Gasteiger partial charge in [-0.25, -0.2) is 0 Å². The van der Waals surface area contributed by atoms with Gasteiger partial charge in [0.15, 0.2) is 0 Å². The summed E-state index contributed by atoms with van der Waals surface area (Å²) in [4.78, 5) is 23.0. The molecule has 2 aliphatic rings. The second kappa shape index (κ2) is 3.05. The highest BCUT2D eigenvalue weighted by Crippen LogP contribution is 2.47. The molecule has 2 rings (SSSR count). The van der Waals surface area contributed by atoms with Gasteiger partial charge < -0.3 is 0 Å². The fraction of sp³-hybridized carbons (Fsp3) is 0.750. The topological polar surface area (TPSA) is 46.2 Å². The lowest BCUT2D eigenvalue weighted by Gasteiger charge is -2.34. The lowest BCUT2D eigenvalue weighted by Crippen LogP contribution is -2.46. The predicted octanol–water partition coefficient (Wildman–Crippen LogP) is 1.34. The SMILES string of the molecule is O=C1NC(=O)C2(Br)C(Br)CCCC12. The molecule has 1 aliphatic carbocycles. The Bertz CT molecular complexity index is 281. The van der Waals surface area contributed by atoms with Gasteiger partial charge in [0.2, 0.25) is 11.8 Å². The summed E-state index contributed by atoms with van der Waals surface area (Å²) in [5.74, 6) is -0.520. The third-order valence-electron chi connectivity index (χ3n) is 2.81. The van der Waals surface area contributed by atoms with Crippen LogP contribution in [-0.2, 0) is 9.59 Å². The Hall–Kier alpha value is 0.1000. The zero-order valence-electron chi connectivity index (χ0n) is 6.85. The van der Waals surface area contributed by atoms with Gasteiger partial charge in [-0.1, -0.05) is 38.3 Å². The molecule has 0 radical (unpaired) electrons. The molecular formula is C8H9Br2NO2. The van der Waals surface area contributed by atoms with E-state index in [1.165, 1.54) is 0 Å². The van der Waals surface area contributed by atoms with Gasteiger partial charge in [-0.2, -0.15) is 0 Å². The molecule has 1 saturated carbocycles. The van der Waals surface area contributed by atoms with Crippen LogP contribution in [0, 0.1) is 5.92 Å². The number of carbonyl (C=O) groups is 2. The summed E-state index contributed by atoms with van der Waals surface area (Å²) in [6.07, 6.45) is 2.72. The molecule has 0 bridgehead atoms. The maximum atomic E-state index is 11.5. The van der Waals surface area contributed by atoms with Crippen molar-refractivity contribution in [2.75, 3.05) is 0 Å². The lowest BCUT2D eigenvalue weighted by atomic mass is 9.81. The second-order valence-electron chi connectivity index (χ2n) is 3.54. The maximum absolute atomic E-state index is 11.5. The Balaban J connectivity index is 2.39. The average molecular weight is 311 g/mol. The minimum Gasteiger partial charge on any atom is -0.295 e. The van der Waals surface area contributed by atoms with Crippen molar-refractivity contribution >= 4 is 43.7 Å². The molecule has 1 heterocycles. The first-order valence-corrected chi connectivity index (χ1v) is 5.96. The summed E-state index contributed by atoms with van der Waals surface area (Å²) < 4.78 is -0.692. The van der Waals surface area contributed by atoms with Crippen molar-refractivity contribution in [3.05, 3.63) is 0 Å². The Kier molecular flexibility index (Phi) is 2.27. The number of alkyl halides is 2. The van der Waals surface area contributed by atoms with Crippen LogP contribution in [-0.4, -0.2) is 21.0 Å². The summed E-state index contributed by atoms with van der Waals surface area (Å²) in [6.45, 7) is 0. The van der Waals surface area contributed by atoms with E-state index in [9.17, 15) is 9.59 Å². The third-order valence-corrected chi connectivity index (χ3v) is 6.07. The first-order valence-electron chi connectivity index (χ1n) is 4.25. The fourth-order valence-corrected chi connectivity index (χ4v) is 3.67. The number of imide groups is 1. The van der Waals surface area contributed by atoms with Crippen molar-refractivity contribution in [3.63, 3.8) is 0 Å². The highest BCUT2D eigenvalue weighted by molar-refractivity contribution is 9.12. The average Bonchev–Trinajstić information content (AvgIpc) is 2.29. The Morgan fingerprint density at radius 2 is 2.08 bits per heavy atom. The van der Waals surface area contributed by atoms with Gasteiger partial charge in [-0.15, -0.1) is 0 Å². The van der Waals surface area contributed by atoms with Crippen molar-refractivity contribution in [1.29, 1.82) is 0 Å². The van der Waals surface area contributed by atoms with Crippen LogP contribution < -0.4 is 5.32 Å². The molecule has 13 heavy (non-hydrogen) atoms. The summed E-state index contributed by atoms with van der Waals surface area (Å²) in [5.41, 5.74) is 0. The monoisotopic (exact) mass is 309 g/mol. The summed E-state index contributed by atoms with van der Waals surface area (Å²) in [7, 11) is 0. The Labute approximate surface area is 92.9 Å². The maximum Gasteiger partial charge on any atom is 0.245 e. The molecule has 3 unspecified atom stereocenters. The van der Waals surface area contributed by atoms with Crippen LogP contribution in [0.1, 0.15) is 19.3 Å². The molecule has 2 amide bonds. The molecule has 1 saturated heterocycles. The van der Waals surface area contributed by atoms with E-state index in [1.807, 2.05) is 0 Å². The molecule has 2 fully saturated rings. The highest BCUT2D eigenvalue weighted by Gasteiger charge is 2.58. The van der Waals surface area contributed by atoms with Gasteiger partial charge >= 0.3 is 0 Å². The van der Waals surface area contributed by atoms with E-state index in [-0.39, 0.29) is 22.6 Å². The van der Waals surface area contributed by atoms with Crippen LogP contribution in [0.5, 0.6) is 0 Å². The van der Waals surface area contributed by atoms with E-state index in [0.29, 0.717) is 0 Å². The van der Waals surface area contributed by atoms with Crippen LogP contribution in [0.25, 0.3) is 0 Å². The molecule has 0 aromatic heterocycles. The van der Waals surface area contributed by atoms with Crippen molar-refractivity contribution in [1.82, 2.24) is 5.32 Å². The van der Waals surface area contributed by atoms with Gasteiger partial charge in [0.25, 0.3) is 0 Å². The van der Waals surface area contributed by atoms with Crippen LogP contribution in [0.3, 0.4) is 0 Å². The minimum atomic E-state index is -0.692. The summed E-state index contributed by atoms with van der Waals surface area (Å²) in [6, 6.07) is 0. The first-order chi connectivity index (χ1) is 6.06. The molecule has 3 nitrogen and oxygen atoms in total. The normalized spacial score (nSPS) is 44.5. The third kappa shape index (κ3) is 1.20.